The molecule has 19 heavy (non-hydrogen) atoms. The Bertz CT molecular complexity index is 488. The van der Waals surface area contributed by atoms with Crippen LogP contribution in [0.15, 0.2) is 18.2 Å². The van der Waals surface area contributed by atoms with Crippen molar-refractivity contribution in [1.82, 2.24) is 5.32 Å². The van der Waals surface area contributed by atoms with Gasteiger partial charge in [-0.25, -0.2) is 0 Å². The van der Waals surface area contributed by atoms with Crippen molar-refractivity contribution in [3.63, 3.8) is 0 Å². The summed E-state index contributed by atoms with van der Waals surface area (Å²) in [5, 5.41) is 14.7. The van der Waals surface area contributed by atoms with Crippen molar-refractivity contribution < 1.29 is 9.66 Å². The molecule has 0 spiro atoms. The van der Waals surface area contributed by atoms with Crippen LogP contribution in [-0.4, -0.2) is 37.2 Å². The Kier molecular flexibility index (Phi) is 3.61. The first kappa shape index (κ1) is 13.6. The third kappa shape index (κ3) is 2.78. The maximum absolute atomic E-state index is 11.3. The zero-order valence-electron chi connectivity index (χ0n) is 11.5. The molecule has 1 fully saturated rings. The molecule has 6 heteroatoms. The van der Waals surface area contributed by atoms with Crippen molar-refractivity contribution in [2.45, 2.75) is 19.4 Å². The summed E-state index contributed by atoms with van der Waals surface area (Å²) in [5.74, 6) is 0.304. The fourth-order valence-corrected chi connectivity index (χ4v) is 2.46. The highest BCUT2D eigenvalue weighted by molar-refractivity contribution is 5.70. The number of hydrogen-bond acceptors (Lipinski definition) is 5. The van der Waals surface area contributed by atoms with Gasteiger partial charge < -0.3 is 15.0 Å². The summed E-state index contributed by atoms with van der Waals surface area (Å²) in [6, 6.07) is 5.19. The van der Waals surface area contributed by atoms with E-state index in [0.29, 0.717) is 11.4 Å². The molecule has 1 aromatic carbocycles. The van der Waals surface area contributed by atoms with E-state index in [1.807, 2.05) is 4.90 Å². The molecule has 1 aromatic rings. The lowest BCUT2D eigenvalue weighted by molar-refractivity contribution is -0.385. The van der Waals surface area contributed by atoms with Gasteiger partial charge >= 0.3 is 5.69 Å². The largest absolute Gasteiger partial charge is 0.490 e. The second-order valence-corrected chi connectivity index (χ2v) is 5.32. The average molecular weight is 265 g/mol. The molecule has 0 aliphatic carbocycles. The average Bonchev–Trinajstić information content (AvgIpc) is 2.36. The second kappa shape index (κ2) is 5.05. The molecule has 104 valence electrons. The topological polar surface area (TPSA) is 67.6 Å². The smallest absolute Gasteiger partial charge is 0.333 e. The van der Waals surface area contributed by atoms with Gasteiger partial charge in [0.1, 0.15) is 5.69 Å². The minimum absolute atomic E-state index is 0.0442. The molecule has 0 amide bonds. The number of hydrogen-bond donors (Lipinski definition) is 1. The van der Waals surface area contributed by atoms with Gasteiger partial charge in [0.05, 0.1) is 12.0 Å². The van der Waals surface area contributed by atoms with E-state index in [-0.39, 0.29) is 16.1 Å². The highest BCUT2D eigenvalue weighted by atomic mass is 16.6. The van der Waals surface area contributed by atoms with Crippen LogP contribution in [0.25, 0.3) is 0 Å². The molecule has 0 saturated carbocycles. The number of nitro groups is 1. The molecule has 1 N–H and O–H groups in total. The van der Waals surface area contributed by atoms with E-state index in [1.54, 1.807) is 18.2 Å². The molecule has 1 aliphatic heterocycles. The van der Waals surface area contributed by atoms with Crippen LogP contribution in [0.3, 0.4) is 0 Å². The van der Waals surface area contributed by atoms with Gasteiger partial charge in [-0.1, -0.05) is 6.07 Å². The Morgan fingerprint density at radius 3 is 2.79 bits per heavy atom. The molecule has 0 aromatic heterocycles. The van der Waals surface area contributed by atoms with Crippen molar-refractivity contribution >= 4 is 11.4 Å². The number of methoxy groups -OCH3 is 1. The van der Waals surface area contributed by atoms with Gasteiger partial charge in [0.15, 0.2) is 5.75 Å². The number of nitro benzene ring substituents is 1. The summed E-state index contributed by atoms with van der Waals surface area (Å²) in [4.78, 5) is 13.0. The molecule has 2 rings (SSSR count). The van der Waals surface area contributed by atoms with Crippen LogP contribution in [0.4, 0.5) is 11.4 Å². The van der Waals surface area contributed by atoms with E-state index in [2.05, 4.69) is 19.2 Å². The predicted molar refractivity (Wildman–Crippen MR) is 73.9 cm³/mol. The molecule has 1 heterocycles. The number of rotatable bonds is 3. The number of piperazine rings is 1. The zero-order valence-corrected chi connectivity index (χ0v) is 11.5. The van der Waals surface area contributed by atoms with Crippen LogP contribution in [0.1, 0.15) is 13.8 Å². The lowest BCUT2D eigenvalue weighted by Gasteiger charge is -2.40. The second-order valence-electron chi connectivity index (χ2n) is 5.32. The number of para-hydroxylation sites is 1. The first-order valence-corrected chi connectivity index (χ1v) is 6.26. The molecule has 1 aliphatic rings. The summed E-state index contributed by atoms with van der Waals surface area (Å²) < 4.78 is 5.11. The van der Waals surface area contributed by atoms with Crippen LogP contribution >= 0.6 is 0 Å². The number of benzene rings is 1. The van der Waals surface area contributed by atoms with E-state index in [9.17, 15) is 10.1 Å². The standard InChI is InChI=1S/C13H19N3O3/c1-13(2)9-15(8-7-14-13)10-5-4-6-11(19-3)12(10)16(17)18/h4-6,14H,7-9H2,1-3H3. The minimum Gasteiger partial charge on any atom is -0.490 e. The fourth-order valence-electron chi connectivity index (χ4n) is 2.46. The molecule has 0 bridgehead atoms. The van der Waals surface area contributed by atoms with Gasteiger partial charge in [-0.2, -0.15) is 0 Å². The van der Waals surface area contributed by atoms with Crippen LogP contribution < -0.4 is 15.0 Å². The highest BCUT2D eigenvalue weighted by Crippen LogP contribution is 2.37. The number of ether oxygens (including phenoxy) is 1. The molecule has 1 saturated heterocycles. The van der Waals surface area contributed by atoms with Crippen LogP contribution in [0.2, 0.25) is 0 Å². The molecular weight excluding hydrogens is 246 g/mol. The number of nitrogens with zero attached hydrogens (tertiary/aromatic N) is 2. The monoisotopic (exact) mass is 265 g/mol. The minimum atomic E-state index is -0.372. The van der Waals surface area contributed by atoms with Gasteiger partial charge in [0, 0.05) is 25.2 Å². The van der Waals surface area contributed by atoms with Gasteiger partial charge in [0.2, 0.25) is 0 Å². The quantitative estimate of drug-likeness (QED) is 0.666. The Hall–Kier alpha value is -1.82. The van der Waals surface area contributed by atoms with E-state index in [4.69, 9.17) is 4.74 Å². The zero-order chi connectivity index (χ0) is 14.0. The Morgan fingerprint density at radius 2 is 2.21 bits per heavy atom. The normalized spacial score (nSPS) is 18.2. The SMILES string of the molecule is COc1cccc(N2CCNC(C)(C)C2)c1[N+](=O)[O-]. The maximum atomic E-state index is 11.3. The van der Waals surface area contributed by atoms with Gasteiger partial charge in [-0.15, -0.1) is 0 Å². The molecule has 6 nitrogen and oxygen atoms in total. The van der Waals surface area contributed by atoms with Gasteiger partial charge in [-0.05, 0) is 26.0 Å². The maximum Gasteiger partial charge on any atom is 0.333 e. The van der Waals surface area contributed by atoms with Crippen LogP contribution in [0.5, 0.6) is 5.75 Å². The Balaban J connectivity index is 2.41. The predicted octanol–water partition coefficient (Wildman–Crippen LogP) is 1.79. The van der Waals surface area contributed by atoms with Crippen molar-refractivity contribution in [2.75, 3.05) is 31.6 Å². The molecule has 0 unspecified atom stereocenters. The van der Waals surface area contributed by atoms with Crippen molar-refractivity contribution in [2.24, 2.45) is 0 Å². The molecular formula is C13H19N3O3. The third-order valence-electron chi connectivity index (χ3n) is 3.29. The van der Waals surface area contributed by atoms with E-state index >= 15 is 0 Å². The Morgan fingerprint density at radius 1 is 1.47 bits per heavy atom. The lowest BCUT2D eigenvalue weighted by Crippen LogP contribution is -2.57. The van der Waals surface area contributed by atoms with Crippen molar-refractivity contribution in [3.05, 3.63) is 28.3 Å². The van der Waals surface area contributed by atoms with E-state index in [1.165, 1.54) is 7.11 Å². The number of anilines is 1. The van der Waals surface area contributed by atoms with Crippen molar-refractivity contribution in [1.29, 1.82) is 0 Å². The third-order valence-corrected chi connectivity index (χ3v) is 3.29. The summed E-state index contributed by atoms with van der Waals surface area (Å²) in [6.45, 7) is 6.45. The fraction of sp³-hybridized carbons (Fsp3) is 0.538. The summed E-state index contributed by atoms with van der Waals surface area (Å²) in [6.07, 6.45) is 0. The summed E-state index contributed by atoms with van der Waals surface area (Å²) in [7, 11) is 1.45. The van der Waals surface area contributed by atoms with Gasteiger partial charge in [0.25, 0.3) is 0 Å². The highest BCUT2D eigenvalue weighted by Gasteiger charge is 2.31. The number of nitrogens with one attached hydrogen (secondary N) is 1. The van der Waals surface area contributed by atoms with Crippen LogP contribution in [0, 0.1) is 10.1 Å². The van der Waals surface area contributed by atoms with E-state index < -0.39 is 0 Å². The summed E-state index contributed by atoms with van der Waals surface area (Å²) in [5.41, 5.74) is 0.608. The lowest BCUT2D eigenvalue weighted by atomic mass is 10.0. The van der Waals surface area contributed by atoms with Crippen LogP contribution in [-0.2, 0) is 0 Å². The molecule has 0 radical (unpaired) electrons. The van der Waals surface area contributed by atoms with E-state index in [0.717, 1.165) is 19.6 Å². The Labute approximate surface area is 112 Å². The molecule has 0 atom stereocenters. The van der Waals surface area contributed by atoms with Crippen molar-refractivity contribution in [3.8, 4) is 5.75 Å². The summed E-state index contributed by atoms with van der Waals surface area (Å²) >= 11 is 0. The van der Waals surface area contributed by atoms with Gasteiger partial charge in [-0.3, -0.25) is 10.1 Å². The first-order valence-electron chi connectivity index (χ1n) is 6.26. The first-order chi connectivity index (χ1) is 8.94.